The van der Waals surface area contributed by atoms with Gasteiger partial charge in [0.1, 0.15) is 0 Å². The number of carbonyl (C=O) groups excluding carboxylic acids is 1. The van der Waals surface area contributed by atoms with E-state index < -0.39 is 15.3 Å². The van der Waals surface area contributed by atoms with E-state index in [2.05, 4.69) is 4.74 Å². The first-order valence-corrected chi connectivity index (χ1v) is 8.61. The molecule has 6 nitrogen and oxygen atoms in total. The monoisotopic (exact) mass is 313 g/mol. The van der Waals surface area contributed by atoms with Gasteiger partial charge < -0.3 is 9.30 Å². The van der Waals surface area contributed by atoms with Crippen LogP contribution < -0.4 is 5.56 Å². The van der Waals surface area contributed by atoms with E-state index in [4.69, 9.17) is 0 Å². The van der Waals surface area contributed by atoms with Gasteiger partial charge in [0.15, 0.2) is 9.84 Å². The maximum Gasteiger partial charge on any atom is 0.306 e. The van der Waals surface area contributed by atoms with Crippen LogP contribution in [0.25, 0.3) is 0 Å². The van der Waals surface area contributed by atoms with Crippen molar-refractivity contribution in [3.63, 3.8) is 0 Å². The third-order valence-electron chi connectivity index (χ3n) is 3.77. The van der Waals surface area contributed by atoms with Crippen LogP contribution in [0.1, 0.15) is 19.3 Å². The van der Waals surface area contributed by atoms with E-state index in [0.29, 0.717) is 0 Å². The Hall–Kier alpha value is -1.63. The highest BCUT2D eigenvalue weighted by Gasteiger charge is 2.47. The van der Waals surface area contributed by atoms with Gasteiger partial charge in [-0.15, -0.1) is 0 Å². The lowest BCUT2D eigenvalue weighted by atomic mass is 10.1. The van der Waals surface area contributed by atoms with E-state index in [0.717, 1.165) is 12.8 Å². The average molecular weight is 313 g/mol. The van der Waals surface area contributed by atoms with Gasteiger partial charge in [-0.05, 0) is 24.3 Å². The second-order valence-corrected chi connectivity index (χ2v) is 7.76. The molecule has 0 aliphatic heterocycles. The van der Waals surface area contributed by atoms with E-state index in [1.807, 2.05) is 0 Å². The number of rotatable bonds is 7. The highest BCUT2D eigenvalue weighted by Crippen LogP contribution is 2.50. The second-order valence-electron chi connectivity index (χ2n) is 5.58. The van der Waals surface area contributed by atoms with Gasteiger partial charge in [-0.25, -0.2) is 8.42 Å². The first-order valence-electron chi connectivity index (χ1n) is 6.79. The van der Waals surface area contributed by atoms with Crippen LogP contribution in [0, 0.1) is 5.41 Å². The summed E-state index contributed by atoms with van der Waals surface area (Å²) in [6.07, 6.45) is 3.17. The highest BCUT2D eigenvalue weighted by molar-refractivity contribution is 7.91. The van der Waals surface area contributed by atoms with Crippen LogP contribution in [0.5, 0.6) is 0 Å². The van der Waals surface area contributed by atoms with Gasteiger partial charge >= 0.3 is 5.97 Å². The summed E-state index contributed by atoms with van der Waals surface area (Å²) in [6.45, 7) is 0.135. The number of pyridine rings is 1. The standard InChI is InChI=1S/C14H19NO5S/c1-20-13(17)10-14(5-6-14)11-21(18,19)9-8-15-7-3-2-4-12(15)16/h2-4,7H,5-6,8-11H2,1H3. The zero-order chi connectivity index (χ0) is 15.5. The number of aryl methyl sites for hydroxylation is 1. The number of aromatic nitrogens is 1. The van der Waals surface area contributed by atoms with Crippen molar-refractivity contribution < 1.29 is 17.9 Å². The molecule has 1 aliphatic rings. The van der Waals surface area contributed by atoms with Crippen LogP contribution >= 0.6 is 0 Å². The third kappa shape index (κ3) is 4.42. The zero-order valence-corrected chi connectivity index (χ0v) is 12.8. The van der Waals surface area contributed by atoms with Crippen molar-refractivity contribution in [2.45, 2.75) is 25.8 Å². The normalized spacial score (nSPS) is 16.4. The fourth-order valence-corrected chi connectivity index (χ4v) is 4.29. The summed E-state index contributed by atoms with van der Waals surface area (Å²) in [5.41, 5.74) is -0.670. The van der Waals surface area contributed by atoms with Crippen LogP contribution in [0.2, 0.25) is 0 Å². The van der Waals surface area contributed by atoms with Gasteiger partial charge in [-0.3, -0.25) is 9.59 Å². The summed E-state index contributed by atoms with van der Waals surface area (Å²) in [5, 5.41) is 0. The smallest absolute Gasteiger partial charge is 0.306 e. The number of hydrogen-bond donors (Lipinski definition) is 0. The van der Waals surface area contributed by atoms with Crippen molar-refractivity contribution in [3.8, 4) is 0 Å². The Bertz CT molecular complexity index is 673. The van der Waals surface area contributed by atoms with Gasteiger partial charge in [0.05, 0.1) is 25.0 Å². The molecule has 0 atom stereocenters. The van der Waals surface area contributed by atoms with Gasteiger partial charge in [0.25, 0.3) is 5.56 Å². The number of ether oxygens (including phenoxy) is 1. The maximum absolute atomic E-state index is 12.2. The summed E-state index contributed by atoms with van der Waals surface area (Å²) < 4.78 is 30.3. The SMILES string of the molecule is COC(=O)CC1(CS(=O)(=O)CCn2ccccc2=O)CC1. The minimum absolute atomic E-state index is 0.0172. The molecule has 2 rings (SSSR count). The van der Waals surface area contributed by atoms with Gasteiger partial charge in [0, 0.05) is 18.8 Å². The molecule has 0 aromatic carbocycles. The van der Waals surface area contributed by atoms with Gasteiger partial charge in [-0.1, -0.05) is 6.07 Å². The van der Waals surface area contributed by atoms with Crippen LogP contribution in [0.4, 0.5) is 0 Å². The van der Waals surface area contributed by atoms with Crippen molar-refractivity contribution in [2.24, 2.45) is 5.41 Å². The molecule has 0 bridgehead atoms. The lowest BCUT2D eigenvalue weighted by molar-refractivity contribution is -0.141. The molecule has 0 radical (unpaired) electrons. The van der Waals surface area contributed by atoms with Crippen molar-refractivity contribution in [2.75, 3.05) is 18.6 Å². The molecule has 1 aromatic rings. The lowest BCUT2D eigenvalue weighted by Gasteiger charge is -2.14. The Labute approximate surface area is 123 Å². The van der Waals surface area contributed by atoms with Gasteiger partial charge in [-0.2, -0.15) is 0 Å². The Morgan fingerprint density at radius 1 is 1.38 bits per heavy atom. The fourth-order valence-electron chi connectivity index (χ4n) is 2.35. The number of nitrogens with zero attached hydrogens (tertiary/aromatic N) is 1. The first kappa shape index (κ1) is 15.8. The molecule has 0 saturated heterocycles. The van der Waals surface area contributed by atoms with Crippen molar-refractivity contribution in [1.29, 1.82) is 0 Å². The summed E-state index contributed by atoms with van der Waals surface area (Å²) in [7, 11) is -2.01. The Morgan fingerprint density at radius 2 is 2.10 bits per heavy atom. The topological polar surface area (TPSA) is 82.4 Å². The predicted molar refractivity (Wildman–Crippen MR) is 77.7 cm³/mol. The minimum Gasteiger partial charge on any atom is -0.469 e. The molecule has 0 unspecified atom stereocenters. The molecule has 1 saturated carbocycles. The van der Waals surface area contributed by atoms with Crippen LogP contribution in [-0.2, 0) is 25.9 Å². The number of methoxy groups -OCH3 is 1. The molecule has 1 heterocycles. The highest BCUT2D eigenvalue weighted by atomic mass is 32.2. The Kier molecular flexibility index (Phi) is 4.51. The largest absolute Gasteiger partial charge is 0.469 e. The molecule has 116 valence electrons. The van der Waals surface area contributed by atoms with E-state index in [1.165, 1.54) is 17.7 Å². The third-order valence-corrected chi connectivity index (χ3v) is 5.63. The molecule has 21 heavy (non-hydrogen) atoms. The van der Waals surface area contributed by atoms with E-state index >= 15 is 0 Å². The lowest BCUT2D eigenvalue weighted by Crippen LogP contribution is -2.27. The molecular formula is C14H19NO5S. The zero-order valence-electron chi connectivity index (χ0n) is 11.9. The molecule has 1 fully saturated rings. The summed E-state index contributed by atoms with van der Waals surface area (Å²) in [6, 6.07) is 4.70. The summed E-state index contributed by atoms with van der Waals surface area (Å²) >= 11 is 0. The number of esters is 1. The van der Waals surface area contributed by atoms with Crippen LogP contribution in [0.3, 0.4) is 0 Å². The fraction of sp³-hybridized carbons (Fsp3) is 0.571. The van der Waals surface area contributed by atoms with Crippen LogP contribution in [0.15, 0.2) is 29.2 Å². The molecule has 0 N–H and O–H groups in total. The molecule has 1 aromatic heterocycles. The quantitative estimate of drug-likeness (QED) is 0.689. The molecule has 1 aliphatic carbocycles. The molecule has 7 heteroatoms. The average Bonchev–Trinajstić information content (AvgIpc) is 3.16. The predicted octanol–water partition coefficient (Wildman–Crippen LogP) is 0.606. The Balaban J connectivity index is 1.95. The molecule has 0 amide bonds. The van der Waals surface area contributed by atoms with Crippen LogP contribution in [-0.4, -0.2) is 37.6 Å². The summed E-state index contributed by atoms with van der Waals surface area (Å²) in [4.78, 5) is 22.8. The molecular weight excluding hydrogens is 294 g/mol. The first-order chi connectivity index (χ1) is 9.86. The number of carbonyl (C=O) groups is 1. The molecule has 0 spiro atoms. The van der Waals surface area contributed by atoms with Crippen molar-refractivity contribution in [1.82, 2.24) is 4.57 Å². The van der Waals surface area contributed by atoms with E-state index in [1.54, 1.807) is 18.3 Å². The number of hydrogen-bond acceptors (Lipinski definition) is 5. The Morgan fingerprint density at radius 3 is 2.67 bits per heavy atom. The van der Waals surface area contributed by atoms with E-state index in [9.17, 15) is 18.0 Å². The van der Waals surface area contributed by atoms with E-state index in [-0.39, 0.29) is 36.0 Å². The maximum atomic E-state index is 12.2. The van der Waals surface area contributed by atoms with Crippen molar-refractivity contribution in [3.05, 3.63) is 34.7 Å². The van der Waals surface area contributed by atoms with Crippen molar-refractivity contribution >= 4 is 15.8 Å². The van der Waals surface area contributed by atoms with Gasteiger partial charge in [0.2, 0.25) is 0 Å². The summed E-state index contributed by atoms with van der Waals surface area (Å²) in [5.74, 6) is -0.488. The number of sulfone groups is 1. The second kappa shape index (κ2) is 6.01. The minimum atomic E-state index is -3.31.